The molecule has 0 radical (unpaired) electrons. The number of unbranched alkanes of at least 4 members (excludes halogenated alkanes) is 19. The van der Waals surface area contributed by atoms with E-state index in [9.17, 15) is 14.7 Å². The standard InChI is InChI=1S/C69H110O5/c1-3-5-7-9-11-13-15-17-19-21-23-25-27-29-31-33-34-36-37-39-41-43-45-47-49-51-53-55-57-59-61-63-68(71)73-66-67(65-70)74-69(72)64-62-60-58-56-54-52-50-48-46-44-42-40-38-35-32-30-28-26-24-22-20-18-16-14-12-10-8-6-4-2/h5-8,11-14,17-20,23-26,29-32,38,40,44,46,50,52,67,70H,3-4,9-10,15-16,21-22,27-28,33-37,39,41-43,45,47-49,51,53-66H2,1-2H3/b7-5-,8-6-,13-11-,14-12-,19-17-,20-18-,25-23-,26-24-,31-29-,32-30-,40-38-,46-44-,52-50-. The smallest absolute Gasteiger partial charge is 0.306 e. The molecule has 0 amide bonds. The molecule has 5 nitrogen and oxygen atoms in total. The topological polar surface area (TPSA) is 72.8 Å². The van der Waals surface area contributed by atoms with Crippen LogP contribution in [0.5, 0.6) is 0 Å². The Labute approximate surface area is 456 Å². The molecule has 1 atom stereocenters. The Balaban J connectivity index is 3.59. The number of aliphatic hydroxyl groups excluding tert-OH is 1. The van der Waals surface area contributed by atoms with E-state index >= 15 is 0 Å². The lowest BCUT2D eigenvalue weighted by Crippen LogP contribution is -2.28. The maximum Gasteiger partial charge on any atom is 0.306 e. The molecule has 0 saturated heterocycles. The molecular formula is C69H110O5. The Bertz CT molecular complexity index is 1620. The first kappa shape index (κ1) is 69.5. The summed E-state index contributed by atoms with van der Waals surface area (Å²) in [5, 5.41) is 9.67. The number of rotatable bonds is 53. The molecule has 1 unspecified atom stereocenters. The lowest BCUT2D eigenvalue weighted by molar-refractivity contribution is -0.161. The van der Waals surface area contributed by atoms with Gasteiger partial charge in [-0.15, -0.1) is 0 Å². The molecule has 0 fully saturated rings. The van der Waals surface area contributed by atoms with Crippen LogP contribution in [0.4, 0.5) is 0 Å². The summed E-state index contributed by atoms with van der Waals surface area (Å²) in [6.45, 7) is 3.89. The van der Waals surface area contributed by atoms with Crippen LogP contribution in [-0.2, 0) is 19.1 Å². The van der Waals surface area contributed by atoms with E-state index in [1.165, 1.54) is 83.5 Å². The maximum atomic E-state index is 12.3. The second kappa shape index (κ2) is 62.8. The Morgan fingerprint density at radius 2 is 0.541 bits per heavy atom. The van der Waals surface area contributed by atoms with Gasteiger partial charge < -0.3 is 14.6 Å². The van der Waals surface area contributed by atoms with E-state index in [2.05, 4.69) is 172 Å². The minimum atomic E-state index is -0.799. The number of carbonyl (C=O) groups excluding carboxylic acids is 2. The Morgan fingerprint density at radius 3 is 0.811 bits per heavy atom. The van der Waals surface area contributed by atoms with Gasteiger partial charge in [0.25, 0.3) is 0 Å². The maximum absolute atomic E-state index is 12.3. The first-order valence-electron chi connectivity index (χ1n) is 30.0. The zero-order valence-electron chi connectivity index (χ0n) is 47.5. The van der Waals surface area contributed by atoms with E-state index in [1.54, 1.807) is 0 Å². The third kappa shape index (κ3) is 60.1. The first-order chi connectivity index (χ1) is 36.6. The van der Waals surface area contributed by atoms with Crippen molar-refractivity contribution in [2.45, 2.75) is 251 Å². The van der Waals surface area contributed by atoms with E-state index < -0.39 is 6.10 Å². The molecule has 416 valence electrons. The van der Waals surface area contributed by atoms with Gasteiger partial charge in [0, 0.05) is 12.8 Å². The Kier molecular flexibility index (Phi) is 59.0. The van der Waals surface area contributed by atoms with Crippen LogP contribution < -0.4 is 0 Å². The zero-order valence-corrected chi connectivity index (χ0v) is 47.5. The minimum Gasteiger partial charge on any atom is -0.462 e. The van der Waals surface area contributed by atoms with Gasteiger partial charge >= 0.3 is 11.9 Å². The van der Waals surface area contributed by atoms with Crippen LogP contribution >= 0.6 is 0 Å². The number of esters is 2. The van der Waals surface area contributed by atoms with Crippen LogP contribution in [0.3, 0.4) is 0 Å². The predicted octanol–water partition coefficient (Wildman–Crippen LogP) is 20.7. The van der Waals surface area contributed by atoms with Gasteiger partial charge in [-0.1, -0.05) is 268 Å². The van der Waals surface area contributed by atoms with Crippen LogP contribution in [0.15, 0.2) is 158 Å². The molecule has 0 heterocycles. The van der Waals surface area contributed by atoms with E-state index in [4.69, 9.17) is 9.47 Å². The molecule has 0 saturated carbocycles. The summed E-state index contributed by atoms with van der Waals surface area (Å²) < 4.78 is 10.7. The van der Waals surface area contributed by atoms with Crippen LogP contribution in [0.1, 0.15) is 245 Å². The molecule has 0 aliphatic rings. The van der Waals surface area contributed by atoms with Gasteiger partial charge in [0.05, 0.1) is 6.61 Å². The fourth-order valence-corrected chi connectivity index (χ4v) is 7.89. The molecule has 0 aromatic carbocycles. The third-order valence-corrected chi connectivity index (χ3v) is 12.3. The van der Waals surface area contributed by atoms with Crippen molar-refractivity contribution in [1.82, 2.24) is 0 Å². The summed E-state index contributed by atoms with van der Waals surface area (Å²) >= 11 is 0. The molecular weight excluding hydrogens is 909 g/mol. The predicted molar refractivity (Wildman–Crippen MR) is 324 cm³/mol. The molecule has 0 aromatic rings. The minimum absolute atomic E-state index is 0.0858. The quantitative estimate of drug-likeness (QED) is 0.0373. The van der Waals surface area contributed by atoms with Gasteiger partial charge in [0.2, 0.25) is 0 Å². The Hall–Kier alpha value is -4.48. The van der Waals surface area contributed by atoms with Gasteiger partial charge in [-0.25, -0.2) is 0 Å². The third-order valence-electron chi connectivity index (χ3n) is 12.3. The summed E-state index contributed by atoms with van der Waals surface area (Å²) in [5.41, 5.74) is 0. The summed E-state index contributed by atoms with van der Waals surface area (Å²) in [5.74, 6) is -0.627. The highest BCUT2D eigenvalue weighted by atomic mass is 16.6. The summed E-state index contributed by atoms with van der Waals surface area (Å²) in [7, 11) is 0. The van der Waals surface area contributed by atoms with E-state index in [-0.39, 0.29) is 25.2 Å². The second-order valence-corrected chi connectivity index (χ2v) is 19.3. The molecule has 0 aliphatic heterocycles. The number of aliphatic hydroxyl groups is 1. The monoisotopic (exact) mass is 1020 g/mol. The molecule has 74 heavy (non-hydrogen) atoms. The first-order valence-corrected chi connectivity index (χ1v) is 30.0. The summed E-state index contributed by atoms with van der Waals surface area (Å²) in [6, 6.07) is 0. The van der Waals surface area contributed by atoms with Crippen molar-refractivity contribution in [2.75, 3.05) is 13.2 Å². The largest absolute Gasteiger partial charge is 0.462 e. The van der Waals surface area contributed by atoms with Gasteiger partial charge in [-0.05, 0) is 122 Å². The van der Waals surface area contributed by atoms with Crippen LogP contribution in [-0.4, -0.2) is 36.4 Å². The van der Waals surface area contributed by atoms with E-state index in [0.29, 0.717) is 12.8 Å². The summed E-state index contributed by atoms with van der Waals surface area (Å²) in [6.07, 6.45) is 96.5. The van der Waals surface area contributed by atoms with Crippen molar-refractivity contribution < 1.29 is 24.2 Å². The van der Waals surface area contributed by atoms with Gasteiger partial charge in [-0.2, -0.15) is 0 Å². The fourth-order valence-electron chi connectivity index (χ4n) is 7.89. The van der Waals surface area contributed by atoms with Gasteiger partial charge in [-0.3, -0.25) is 9.59 Å². The van der Waals surface area contributed by atoms with Crippen molar-refractivity contribution in [3.63, 3.8) is 0 Å². The van der Waals surface area contributed by atoms with Crippen molar-refractivity contribution >= 4 is 11.9 Å². The van der Waals surface area contributed by atoms with Crippen molar-refractivity contribution in [2.24, 2.45) is 0 Å². The van der Waals surface area contributed by atoms with Crippen molar-refractivity contribution in [3.05, 3.63) is 158 Å². The average molecular weight is 1020 g/mol. The lowest BCUT2D eigenvalue weighted by Gasteiger charge is -2.15. The van der Waals surface area contributed by atoms with Gasteiger partial charge in [0.15, 0.2) is 6.10 Å². The molecule has 0 aromatic heterocycles. The zero-order chi connectivity index (χ0) is 53.4. The lowest BCUT2D eigenvalue weighted by atomic mass is 10.0. The number of allylic oxidation sites excluding steroid dienone is 26. The highest BCUT2D eigenvalue weighted by molar-refractivity contribution is 5.70. The molecule has 5 heteroatoms. The van der Waals surface area contributed by atoms with Gasteiger partial charge in [0.1, 0.15) is 6.61 Å². The molecule has 0 aliphatic carbocycles. The average Bonchev–Trinajstić information content (AvgIpc) is 3.40. The number of ether oxygens (including phenoxy) is 2. The highest BCUT2D eigenvalue weighted by Gasteiger charge is 2.16. The fraction of sp³-hybridized carbons (Fsp3) is 0.594. The molecule has 0 spiro atoms. The second-order valence-electron chi connectivity index (χ2n) is 19.3. The SMILES string of the molecule is CC/C=C\C/C=C\C/C=C\C/C=C\C/C=C\C/C=C\C/C=C\C/C=C\CCCCCCC(=O)OC(CO)COC(=O)CCCCCCCCCCCCCCCCC/C=C\C/C=C\C/C=C\C/C=C\C/C=C\CC. The molecule has 1 N–H and O–H groups in total. The number of hydrogen-bond donors (Lipinski definition) is 1. The molecule has 0 rings (SSSR count). The normalized spacial score (nSPS) is 13.4. The highest BCUT2D eigenvalue weighted by Crippen LogP contribution is 2.15. The molecule has 0 bridgehead atoms. The van der Waals surface area contributed by atoms with Crippen LogP contribution in [0.25, 0.3) is 0 Å². The Morgan fingerprint density at radius 1 is 0.311 bits per heavy atom. The van der Waals surface area contributed by atoms with Crippen LogP contribution in [0.2, 0.25) is 0 Å². The van der Waals surface area contributed by atoms with Crippen molar-refractivity contribution in [1.29, 1.82) is 0 Å². The van der Waals surface area contributed by atoms with E-state index in [1.807, 2.05) is 0 Å². The van der Waals surface area contributed by atoms with Crippen LogP contribution in [0, 0.1) is 0 Å². The number of carbonyl (C=O) groups is 2. The number of hydrogen-bond acceptors (Lipinski definition) is 5. The van der Waals surface area contributed by atoms with E-state index in [0.717, 1.165) is 135 Å². The van der Waals surface area contributed by atoms with Crippen molar-refractivity contribution in [3.8, 4) is 0 Å². The summed E-state index contributed by atoms with van der Waals surface area (Å²) in [4.78, 5) is 24.6.